The highest BCUT2D eigenvalue weighted by molar-refractivity contribution is 5.48. The molecule has 4 nitrogen and oxygen atoms in total. The Kier molecular flexibility index (Phi) is 5.45. The Hall–Kier alpha value is -1.29. The lowest BCUT2D eigenvalue weighted by atomic mass is 9.94. The van der Waals surface area contributed by atoms with E-state index in [1.807, 2.05) is 12.1 Å². The maximum Gasteiger partial charge on any atom is 0.127 e. The minimum atomic E-state index is 0.761. The van der Waals surface area contributed by atoms with Gasteiger partial charge in [-0.05, 0) is 38.9 Å². The minimum Gasteiger partial charge on any atom is -0.399 e. The molecular formula is C15H26N4. The number of hydrogen-bond donors (Lipinski definition) is 2. The lowest BCUT2D eigenvalue weighted by molar-refractivity contribution is 0.191. The van der Waals surface area contributed by atoms with Crippen LogP contribution >= 0.6 is 0 Å². The van der Waals surface area contributed by atoms with Crippen molar-refractivity contribution in [1.82, 2.24) is 9.88 Å². The molecule has 4 heteroatoms. The van der Waals surface area contributed by atoms with E-state index in [9.17, 15) is 0 Å². The van der Waals surface area contributed by atoms with Crippen LogP contribution in [0.2, 0.25) is 0 Å². The fraction of sp³-hybridized carbons (Fsp3) is 0.667. The molecule has 1 saturated carbocycles. The first-order valence-electron chi connectivity index (χ1n) is 7.41. The first-order chi connectivity index (χ1) is 9.25. The van der Waals surface area contributed by atoms with Gasteiger partial charge in [0.05, 0.1) is 0 Å². The van der Waals surface area contributed by atoms with Gasteiger partial charge >= 0.3 is 0 Å². The lowest BCUT2D eigenvalue weighted by Gasteiger charge is -2.31. The van der Waals surface area contributed by atoms with Gasteiger partial charge in [0.25, 0.3) is 0 Å². The van der Waals surface area contributed by atoms with Crippen LogP contribution < -0.4 is 11.1 Å². The highest BCUT2D eigenvalue weighted by atomic mass is 15.1. The van der Waals surface area contributed by atoms with Gasteiger partial charge in [0.2, 0.25) is 0 Å². The van der Waals surface area contributed by atoms with Gasteiger partial charge in [-0.1, -0.05) is 19.3 Å². The zero-order valence-electron chi connectivity index (χ0n) is 11.9. The Labute approximate surface area is 116 Å². The maximum absolute atomic E-state index is 5.72. The van der Waals surface area contributed by atoms with Crippen LogP contribution in [0.1, 0.15) is 38.5 Å². The van der Waals surface area contributed by atoms with Crippen molar-refractivity contribution in [3.63, 3.8) is 0 Å². The summed E-state index contributed by atoms with van der Waals surface area (Å²) in [5.41, 5.74) is 6.48. The quantitative estimate of drug-likeness (QED) is 0.774. The molecule has 0 atom stereocenters. The monoisotopic (exact) mass is 262 g/mol. The summed E-state index contributed by atoms with van der Waals surface area (Å²) in [4.78, 5) is 6.76. The minimum absolute atomic E-state index is 0.761. The number of aromatic nitrogens is 1. The van der Waals surface area contributed by atoms with Crippen LogP contribution in [0.25, 0.3) is 0 Å². The van der Waals surface area contributed by atoms with Crippen molar-refractivity contribution in [3.05, 3.63) is 18.3 Å². The third-order valence-electron chi connectivity index (χ3n) is 3.98. The van der Waals surface area contributed by atoms with Gasteiger partial charge < -0.3 is 16.0 Å². The first-order valence-corrected chi connectivity index (χ1v) is 7.41. The van der Waals surface area contributed by atoms with Crippen LogP contribution in [0.5, 0.6) is 0 Å². The van der Waals surface area contributed by atoms with Crippen LogP contribution in [0.3, 0.4) is 0 Å². The zero-order valence-corrected chi connectivity index (χ0v) is 11.9. The summed E-state index contributed by atoms with van der Waals surface area (Å²) in [6.45, 7) is 2.10. The average Bonchev–Trinajstić information content (AvgIpc) is 2.44. The maximum atomic E-state index is 5.72. The topological polar surface area (TPSA) is 54.2 Å². The molecule has 19 heavy (non-hydrogen) atoms. The molecule has 0 unspecified atom stereocenters. The molecule has 0 saturated heterocycles. The van der Waals surface area contributed by atoms with E-state index in [2.05, 4.69) is 22.2 Å². The second-order valence-corrected chi connectivity index (χ2v) is 5.53. The van der Waals surface area contributed by atoms with E-state index < -0.39 is 0 Å². The summed E-state index contributed by atoms with van der Waals surface area (Å²) in [5, 5.41) is 3.33. The standard InChI is InChI=1S/C15H26N4/c1-19(14-6-3-2-4-7-14)11-5-9-17-15-12-13(16)8-10-18-15/h8,10,12,14H,2-7,9,11H2,1H3,(H3,16,17,18). The van der Waals surface area contributed by atoms with E-state index >= 15 is 0 Å². The second-order valence-electron chi connectivity index (χ2n) is 5.53. The Morgan fingerprint density at radius 3 is 2.89 bits per heavy atom. The molecule has 3 N–H and O–H groups in total. The number of anilines is 2. The molecule has 106 valence electrons. The Bertz CT molecular complexity index is 374. The number of hydrogen-bond acceptors (Lipinski definition) is 4. The molecule has 1 heterocycles. The van der Waals surface area contributed by atoms with E-state index in [1.165, 1.54) is 32.1 Å². The van der Waals surface area contributed by atoms with Gasteiger partial charge in [-0.15, -0.1) is 0 Å². The highest BCUT2D eigenvalue weighted by Crippen LogP contribution is 2.21. The summed E-state index contributed by atoms with van der Waals surface area (Å²) in [6, 6.07) is 4.49. The predicted molar refractivity (Wildman–Crippen MR) is 81.3 cm³/mol. The largest absolute Gasteiger partial charge is 0.399 e. The van der Waals surface area contributed by atoms with Gasteiger partial charge in [-0.25, -0.2) is 4.98 Å². The number of rotatable bonds is 6. The molecule has 2 rings (SSSR count). The van der Waals surface area contributed by atoms with Gasteiger partial charge in [0.15, 0.2) is 0 Å². The molecule has 0 aromatic carbocycles. The Balaban J connectivity index is 1.63. The summed E-state index contributed by atoms with van der Waals surface area (Å²) in [5.74, 6) is 0.875. The van der Waals surface area contributed by atoms with Gasteiger partial charge in [-0.3, -0.25) is 0 Å². The van der Waals surface area contributed by atoms with E-state index in [0.29, 0.717) is 0 Å². The van der Waals surface area contributed by atoms with Crippen molar-refractivity contribution in [1.29, 1.82) is 0 Å². The fourth-order valence-corrected chi connectivity index (χ4v) is 2.79. The summed E-state index contributed by atoms with van der Waals surface area (Å²) in [7, 11) is 2.26. The number of nitrogens with zero attached hydrogens (tertiary/aromatic N) is 2. The van der Waals surface area contributed by atoms with Crippen LogP contribution in [0, 0.1) is 0 Å². The van der Waals surface area contributed by atoms with Gasteiger partial charge in [0.1, 0.15) is 5.82 Å². The fourth-order valence-electron chi connectivity index (χ4n) is 2.79. The molecule has 0 aliphatic heterocycles. The second kappa shape index (κ2) is 7.34. The number of pyridine rings is 1. The first kappa shape index (κ1) is 14.1. The molecule has 1 fully saturated rings. The van der Waals surface area contributed by atoms with Crippen LogP contribution in [-0.4, -0.2) is 36.1 Å². The summed E-state index contributed by atoms with van der Waals surface area (Å²) < 4.78 is 0. The number of nitrogens with one attached hydrogen (secondary N) is 1. The van der Waals surface area contributed by atoms with Crippen molar-refractivity contribution in [2.45, 2.75) is 44.6 Å². The van der Waals surface area contributed by atoms with Crippen molar-refractivity contribution in [2.75, 3.05) is 31.2 Å². The van der Waals surface area contributed by atoms with Crippen molar-refractivity contribution < 1.29 is 0 Å². The normalized spacial score (nSPS) is 16.7. The molecule has 0 amide bonds. The lowest BCUT2D eigenvalue weighted by Crippen LogP contribution is -2.34. The molecule has 0 bridgehead atoms. The van der Waals surface area contributed by atoms with Crippen molar-refractivity contribution >= 4 is 11.5 Å². The number of nitrogens with two attached hydrogens (primary N) is 1. The smallest absolute Gasteiger partial charge is 0.127 e. The Morgan fingerprint density at radius 2 is 2.16 bits per heavy atom. The summed E-state index contributed by atoms with van der Waals surface area (Å²) >= 11 is 0. The van der Waals surface area contributed by atoms with E-state index in [4.69, 9.17) is 5.73 Å². The molecule has 1 aliphatic carbocycles. The highest BCUT2D eigenvalue weighted by Gasteiger charge is 2.17. The van der Waals surface area contributed by atoms with E-state index in [0.717, 1.165) is 37.1 Å². The van der Waals surface area contributed by atoms with Crippen LogP contribution in [0.4, 0.5) is 11.5 Å². The zero-order chi connectivity index (χ0) is 13.5. The van der Waals surface area contributed by atoms with E-state index in [-0.39, 0.29) is 0 Å². The van der Waals surface area contributed by atoms with Crippen molar-refractivity contribution in [2.24, 2.45) is 0 Å². The Morgan fingerprint density at radius 1 is 1.37 bits per heavy atom. The van der Waals surface area contributed by atoms with Crippen LogP contribution in [-0.2, 0) is 0 Å². The predicted octanol–water partition coefficient (Wildman–Crippen LogP) is 2.73. The molecule has 0 spiro atoms. The molecular weight excluding hydrogens is 236 g/mol. The molecule has 1 aromatic heterocycles. The van der Waals surface area contributed by atoms with Gasteiger partial charge in [0, 0.05) is 30.5 Å². The van der Waals surface area contributed by atoms with Gasteiger partial charge in [-0.2, -0.15) is 0 Å². The van der Waals surface area contributed by atoms with Crippen molar-refractivity contribution in [3.8, 4) is 0 Å². The molecule has 1 aromatic rings. The number of nitrogen functional groups attached to an aromatic ring is 1. The molecule has 0 radical (unpaired) electrons. The van der Waals surface area contributed by atoms with Crippen LogP contribution in [0.15, 0.2) is 18.3 Å². The average molecular weight is 262 g/mol. The SMILES string of the molecule is CN(CCCNc1cc(N)ccn1)C1CCCCC1. The third-order valence-corrected chi connectivity index (χ3v) is 3.98. The molecule has 1 aliphatic rings. The third kappa shape index (κ3) is 4.71. The van der Waals surface area contributed by atoms with E-state index in [1.54, 1.807) is 6.20 Å². The summed E-state index contributed by atoms with van der Waals surface area (Å²) in [6.07, 6.45) is 9.87.